The summed E-state index contributed by atoms with van der Waals surface area (Å²) in [7, 11) is -1.32. The van der Waals surface area contributed by atoms with E-state index in [4.69, 9.17) is 4.43 Å². The molecular formula is C5H10O2Si. The van der Waals surface area contributed by atoms with E-state index in [-0.39, 0.29) is 5.97 Å². The van der Waals surface area contributed by atoms with Gasteiger partial charge in [-0.15, -0.1) is 6.58 Å². The third-order valence-electron chi connectivity index (χ3n) is 0.684. The van der Waals surface area contributed by atoms with Gasteiger partial charge in [-0.05, 0) is 6.55 Å². The van der Waals surface area contributed by atoms with Crippen LogP contribution < -0.4 is 0 Å². The molecule has 0 amide bonds. The number of carbonyl (C=O) groups is 1. The van der Waals surface area contributed by atoms with Gasteiger partial charge in [-0.2, -0.15) is 0 Å². The molecule has 0 bridgehead atoms. The number of carbonyl (C=O) groups excluding carboxylic acids is 1. The molecule has 46 valence electrons. The lowest BCUT2D eigenvalue weighted by Gasteiger charge is -2.02. The van der Waals surface area contributed by atoms with Crippen molar-refractivity contribution in [1.29, 1.82) is 0 Å². The molecule has 3 heteroatoms. The van der Waals surface area contributed by atoms with Crippen LogP contribution in [0.4, 0.5) is 0 Å². The molecule has 0 fully saturated rings. The zero-order valence-electron chi connectivity index (χ0n) is 5.18. The fourth-order valence-corrected chi connectivity index (χ4v) is 0.930. The summed E-state index contributed by atoms with van der Waals surface area (Å²) in [5.74, 6) is -0.205. The average molecular weight is 130 g/mol. The molecular weight excluding hydrogens is 120 g/mol. The maximum Gasteiger partial charge on any atom is 0.289 e. The van der Waals surface area contributed by atoms with Crippen LogP contribution in [-0.2, 0) is 9.22 Å². The van der Waals surface area contributed by atoms with Crippen molar-refractivity contribution < 1.29 is 9.22 Å². The minimum absolute atomic E-state index is 0.205. The molecule has 0 aromatic carbocycles. The highest BCUT2D eigenvalue weighted by atomic mass is 28.3. The Hall–Kier alpha value is -0.573. The van der Waals surface area contributed by atoms with E-state index >= 15 is 0 Å². The van der Waals surface area contributed by atoms with Crippen molar-refractivity contribution in [3.05, 3.63) is 12.3 Å². The second-order valence-corrected chi connectivity index (χ2v) is 3.67. The number of rotatable bonds is 2. The predicted octanol–water partition coefficient (Wildman–Crippen LogP) is 0.628. The van der Waals surface area contributed by atoms with Gasteiger partial charge in [-0.3, -0.25) is 4.79 Å². The van der Waals surface area contributed by atoms with E-state index in [2.05, 4.69) is 6.58 Å². The van der Waals surface area contributed by atoms with Crippen molar-refractivity contribution in [3.8, 4) is 0 Å². The van der Waals surface area contributed by atoms with Crippen LogP contribution in [-0.4, -0.2) is 15.0 Å². The van der Waals surface area contributed by atoms with Crippen molar-refractivity contribution in [1.82, 2.24) is 0 Å². The van der Waals surface area contributed by atoms with Gasteiger partial charge in [-0.1, -0.05) is 5.70 Å². The van der Waals surface area contributed by atoms with Gasteiger partial charge in [0, 0.05) is 6.92 Å². The molecule has 0 saturated carbocycles. The molecule has 0 aliphatic heterocycles. The number of hydrogen-bond donors (Lipinski definition) is 0. The quantitative estimate of drug-likeness (QED) is 0.512. The summed E-state index contributed by atoms with van der Waals surface area (Å²) in [5.41, 5.74) is 1.71. The molecule has 1 atom stereocenters. The Morgan fingerprint density at radius 1 is 1.88 bits per heavy atom. The lowest BCUT2D eigenvalue weighted by Crippen LogP contribution is -2.13. The average Bonchev–Trinajstić information content (AvgIpc) is 1.65. The summed E-state index contributed by atoms with van der Waals surface area (Å²) < 4.78 is 4.78. The first-order valence-corrected chi connectivity index (χ1v) is 4.76. The van der Waals surface area contributed by atoms with Crippen LogP contribution in [0.2, 0.25) is 6.55 Å². The second-order valence-electron chi connectivity index (χ2n) is 1.55. The van der Waals surface area contributed by atoms with E-state index in [1.807, 2.05) is 6.55 Å². The van der Waals surface area contributed by atoms with Gasteiger partial charge < -0.3 is 4.43 Å². The molecule has 0 spiro atoms. The second kappa shape index (κ2) is 3.43. The zero-order valence-corrected chi connectivity index (χ0v) is 6.33. The standard InChI is InChI=1S/C5H10O2Si/c1-4-8(3)7-5(2)6/h4,8H,1H2,2-3H3. The van der Waals surface area contributed by atoms with Crippen LogP contribution in [0.1, 0.15) is 6.92 Å². The van der Waals surface area contributed by atoms with Crippen molar-refractivity contribution in [2.45, 2.75) is 13.5 Å². The van der Waals surface area contributed by atoms with Gasteiger partial charge in [0.05, 0.1) is 0 Å². The Kier molecular flexibility index (Phi) is 3.19. The molecule has 0 N–H and O–H groups in total. The molecule has 8 heavy (non-hydrogen) atoms. The molecule has 2 nitrogen and oxygen atoms in total. The Morgan fingerprint density at radius 2 is 2.38 bits per heavy atom. The van der Waals surface area contributed by atoms with Crippen LogP contribution >= 0.6 is 0 Å². The molecule has 0 aliphatic rings. The Labute approximate surface area is 50.9 Å². The van der Waals surface area contributed by atoms with Gasteiger partial charge in [0.15, 0.2) is 0 Å². The Bertz CT molecular complexity index is 101. The SMILES string of the molecule is C=C[SiH](C)OC(C)=O. The first kappa shape index (κ1) is 7.43. The van der Waals surface area contributed by atoms with E-state index in [0.29, 0.717) is 0 Å². The highest BCUT2D eigenvalue weighted by Gasteiger charge is 1.99. The molecule has 0 radical (unpaired) electrons. The fourth-order valence-electron chi connectivity index (χ4n) is 0.310. The van der Waals surface area contributed by atoms with E-state index in [0.717, 1.165) is 0 Å². The van der Waals surface area contributed by atoms with Crippen LogP contribution in [0.25, 0.3) is 0 Å². The molecule has 0 aromatic rings. The van der Waals surface area contributed by atoms with Gasteiger partial charge in [0.2, 0.25) is 0 Å². The lowest BCUT2D eigenvalue weighted by molar-refractivity contribution is -0.132. The first-order chi connectivity index (χ1) is 3.66. The van der Waals surface area contributed by atoms with Gasteiger partial charge >= 0.3 is 0 Å². The van der Waals surface area contributed by atoms with Crippen LogP contribution in [0.3, 0.4) is 0 Å². The Balaban J connectivity index is 3.38. The number of hydrogen-bond acceptors (Lipinski definition) is 2. The van der Waals surface area contributed by atoms with Crippen molar-refractivity contribution in [2.24, 2.45) is 0 Å². The summed E-state index contributed by atoms with van der Waals surface area (Å²) in [5, 5.41) is 0. The highest BCUT2D eigenvalue weighted by Crippen LogP contribution is 1.84. The van der Waals surface area contributed by atoms with Crippen molar-refractivity contribution >= 4 is 15.0 Å². The van der Waals surface area contributed by atoms with Crippen LogP contribution in [0.15, 0.2) is 12.3 Å². The summed E-state index contributed by atoms with van der Waals surface area (Å²) in [6.45, 7) is 6.81. The zero-order chi connectivity index (χ0) is 6.57. The molecule has 1 unspecified atom stereocenters. The minimum Gasteiger partial charge on any atom is -0.519 e. The highest BCUT2D eigenvalue weighted by molar-refractivity contribution is 6.57. The summed E-state index contributed by atoms with van der Waals surface area (Å²) in [6, 6.07) is 0. The summed E-state index contributed by atoms with van der Waals surface area (Å²) in [4.78, 5) is 10.2. The monoisotopic (exact) mass is 130 g/mol. The Morgan fingerprint density at radius 3 is 2.50 bits per heavy atom. The summed E-state index contributed by atoms with van der Waals surface area (Å²) >= 11 is 0. The van der Waals surface area contributed by atoms with E-state index in [9.17, 15) is 4.79 Å². The van der Waals surface area contributed by atoms with E-state index in [1.54, 1.807) is 5.70 Å². The molecule has 0 aliphatic carbocycles. The third kappa shape index (κ3) is 3.61. The largest absolute Gasteiger partial charge is 0.519 e. The topological polar surface area (TPSA) is 26.3 Å². The smallest absolute Gasteiger partial charge is 0.289 e. The van der Waals surface area contributed by atoms with Crippen molar-refractivity contribution in [3.63, 3.8) is 0 Å². The van der Waals surface area contributed by atoms with Crippen molar-refractivity contribution in [2.75, 3.05) is 0 Å². The molecule has 0 heterocycles. The molecule has 0 rings (SSSR count). The maximum absolute atomic E-state index is 10.2. The minimum atomic E-state index is -1.32. The van der Waals surface area contributed by atoms with E-state index < -0.39 is 9.04 Å². The van der Waals surface area contributed by atoms with Gasteiger partial charge in [0.1, 0.15) is 0 Å². The molecule has 0 aromatic heterocycles. The van der Waals surface area contributed by atoms with Gasteiger partial charge in [-0.25, -0.2) is 0 Å². The first-order valence-electron chi connectivity index (χ1n) is 2.46. The maximum atomic E-state index is 10.2. The fraction of sp³-hybridized carbons (Fsp3) is 0.400. The van der Waals surface area contributed by atoms with E-state index in [1.165, 1.54) is 6.92 Å². The van der Waals surface area contributed by atoms with Crippen LogP contribution in [0.5, 0.6) is 0 Å². The normalized spacial score (nSPS) is 12.2. The predicted molar refractivity (Wildman–Crippen MR) is 35.0 cm³/mol. The van der Waals surface area contributed by atoms with Crippen LogP contribution in [0, 0.1) is 0 Å². The third-order valence-corrected chi connectivity index (χ3v) is 2.05. The lowest BCUT2D eigenvalue weighted by atomic mass is 10.9. The summed E-state index contributed by atoms with van der Waals surface area (Å²) in [6.07, 6.45) is 0. The van der Waals surface area contributed by atoms with Gasteiger partial charge in [0.25, 0.3) is 15.0 Å². The molecule has 0 saturated heterocycles.